The molecular weight excluding hydrogens is 355 g/mol. The van der Waals surface area contributed by atoms with Crippen LogP contribution in [0.1, 0.15) is 50.3 Å². The molecule has 0 bridgehead atoms. The Bertz CT molecular complexity index is 871. The fourth-order valence-corrected chi connectivity index (χ4v) is 2.71. The molecule has 2 rings (SSSR count). The number of rotatable bonds is 7. The van der Waals surface area contributed by atoms with E-state index in [2.05, 4.69) is 75.2 Å². The van der Waals surface area contributed by atoms with Crippen LogP contribution in [-0.2, 0) is 6.42 Å². The molecule has 2 aromatic rings. The quantitative estimate of drug-likeness (QED) is 0.330. The summed E-state index contributed by atoms with van der Waals surface area (Å²) >= 11 is 0. The van der Waals surface area contributed by atoms with Gasteiger partial charge in [0.05, 0.1) is 0 Å². The second-order valence-electron chi connectivity index (χ2n) is 7.10. The van der Waals surface area contributed by atoms with E-state index >= 15 is 0 Å². The molecule has 29 heavy (non-hydrogen) atoms. The minimum absolute atomic E-state index is 0.162. The van der Waals surface area contributed by atoms with Gasteiger partial charge in [0.2, 0.25) is 0 Å². The van der Waals surface area contributed by atoms with Crippen molar-refractivity contribution in [3.63, 3.8) is 0 Å². The smallest absolute Gasteiger partial charge is 0.123 e. The molecule has 0 heterocycles. The average Bonchev–Trinajstić information content (AvgIpc) is 2.71. The Balaban J connectivity index is 0.000000436. The molecule has 0 aliphatic rings. The van der Waals surface area contributed by atoms with Crippen molar-refractivity contribution in [2.75, 3.05) is 0 Å². The molecule has 0 spiro atoms. The third-order valence-corrected chi connectivity index (χ3v) is 4.48. The van der Waals surface area contributed by atoms with E-state index in [1.165, 1.54) is 35.3 Å². The summed E-state index contributed by atoms with van der Waals surface area (Å²) in [5, 5.41) is 0. The normalized spacial score (nSPS) is 10.9. The Kier molecular flexibility index (Phi) is 11.1. The molecular formula is C28H33F. The van der Waals surface area contributed by atoms with Gasteiger partial charge in [-0.15, -0.1) is 5.73 Å². The number of halogens is 1. The van der Waals surface area contributed by atoms with Gasteiger partial charge in [-0.25, -0.2) is 4.39 Å². The topological polar surface area (TPSA) is 0 Å². The van der Waals surface area contributed by atoms with Crippen LogP contribution in [0.5, 0.6) is 0 Å². The summed E-state index contributed by atoms with van der Waals surface area (Å²) in [5.74, 6) is -0.162. The number of aryl methyl sites for hydroxylation is 2. The Morgan fingerprint density at radius 2 is 1.79 bits per heavy atom. The van der Waals surface area contributed by atoms with E-state index in [-0.39, 0.29) is 5.82 Å². The number of hydrogen-bond acceptors (Lipinski definition) is 0. The highest BCUT2D eigenvalue weighted by Crippen LogP contribution is 2.18. The molecule has 2 aromatic carbocycles. The van der Waals surface area contributed by atoms with E-state index < -0.39 is 0 Å². The predicted molar refractivity (Wildman–Crippen MR) is 126 cm³/mol. The lowest BCUT2D eigenvalue weighted by molar-refractivity contribution is 0.626. The van der Waals surface area contributed by atoms with Gasteiger partial charge in [-0.05, 0) is 72.7 Å². The highest BCUT2D eigenvalue weighted by molar-refractivity contribution is 5.72. The van der Waals surface area contributed by atoms with Crippen molar-refractivity contribution in [1.82, 2.24) is 0 Å². The lowest BCUT2D eigenvalue weighted by atomic mass is 10.0. The van der Waals surface area contributed by atoms with Crippen LogP contribution in [-0.4, -0.2) is 0 Å². The zero-order chi connectivity index (χ0) is 21.6. The van der Waals surface area contributed by atoms with Crippen LogP contribution in [0, 0.1) is 12.7 Å². The van der Waals surface area contributed by atoms with Crippen LogP contribution in [0.3, 0.4) is 0 Å². The fourth-order valence-electron chi connectivity index (χ4n) is 2.71. The van der Waals surface area contributed by atoms with Crippen molar-refractivity contribution in [2.24, 2.45) is 0 Å². The van der Waals surface area contributed by atoms with Crippen LogP contribution < -0.4 is 0 Å². The minimum atomic E-state index is -0.162. The fraction of sp³-hybridized carbons (Fsp3) is 0.250. The Morgan fingerprint density at radius 3 is 2.28 bits per heavy atom. The summed E-state index contributed by atoms with van der Waals surface area (Å²) in [6.07, 6.45) is 9.54. The van der Waals surface area contributed by atoms with Crippen molar-refractivity contribution in [1.29, 1.82) is 0 Å². The molecule has 0 atom stereocenters. The van der Waals surface area contributed by atoms with Crippen LogP contribution in [0.4, 0.5) is 4.39 Å². The average molecular weight is 389 g/mol. The lowest BCUT2D eigenvalue weighted by Gasteiger charge is -2.04. The minimum Gasteiger partial charge on any atom is -0.207 e. The lowest BCUT2D eigenvalue weighted by Crippen LogP contribution is -1.85. The van der Waals surface area contributed by atoms with E-state index in [1.54, 1.807) is 6.07 Å². The summed E-state index contributed by atoms with van der Waals surface area (Å²) in [4.78, 5) is 0. The molecule has 0 saturated heterocycles. The van der Waals surface area contributed by atoms with Gasteiger partial charge >= 0.3 is 0 Å². The molecule has 0 N–H and O–H groups in total. The second-order valence-corrected chi connectivity index (χ2v) is 7.10. The number of benzene rings is 2. The second kappa shape index (κ2) is 13.3. The predicted octanol–water partition coefficient (Wildman–Crippen LogP) is 8.41. The van der Waals surface area contributed by atoms with Gasteiger partial charge < -0.3 is 0 Å². The highest BCUT2D eigenvalue weighted by atomic mass is 19.1. The van der Waals surface area contributed by atoms with E-state index in [4.69, 9.17) is 0 Å². The van der Waals surface area contributed by atoms with Crippen molar-refractivity contribution in [3.8, 4) is 0 Å². The van der Waals surface area contributed by atoms with Gasteiger partial charge in [-0.2, -0.15) is 0 Å². The highest BCUT2D eigenvalue weighted by Gasteiger charge is 1.98. The molecule has 152 valence electrons. The van der Waals surface area contributed by atoms with Crippen molar-refractivity contribution >= 4 is 5.57 Å². The first-order valence-corrected chi connectivity index (χ1v) is 10.1. The summed E-state index contributed by atoms with van der Waals surface area (Å²) in [6.45, 7) is 16.0. The first-order chi connectivity index (χ1) is 13.9. The van der Waals surface area contributed by atoms with Gasteiger partial charge in [0.1, 0.15) is 5.82 Å². The van der Waals surface area contributed by atoms with Crippen molar-refractivity contribution in [3.05, 3.63) is 119 Å². The van der Waals surface area contributed by atoms with E-state index in [1.807, 2.05) is 19.9 Å². The van der Waals surface area contributed by atoms with Gasteiger partial charge in [0.15, 0.2) is 0 Å². The molecule has 0 unspecified atom stereocenters. The summed E-state index contributed by atoms with van der Waals surface area (Å²) in [5.41, 5.74) is 9.92. The largest absolute Gasteiger partial charge is 0.207 e. The standard InChI is InChI=1S/C21H26.C7H7F/c1-6-9-20-12-14-21(15-13-20)18(5)10-11-19(8-3)16-17(4)7-2;1-6-3-2-4-7(8)5-6/h8,10-15H,2,5-6,9,16H2,1,3-4H3;2-5H,1H3/b11-10-,19-8+;. The zero-order valence-corrected chi connectivity index (χ0v) is 18.3. The van der Waals surface area contributed by atoms with Crippen LogP contribution in [0.15, 0.2) is 96.8 Å². The zero-order valence-electron chi connectivity index (χ0n) is 18.3. The third-order valence-electron chi connectivity index (χ3n) is 4.48. The first-order valence-electron chi connectivity index (χ1n) is 10.1. The van der Waals surface area contributed by atoms with Crippen LogP contribution in [0.2, 0.25) is 0 Å². The van der Waals surface area contributed by atoms with Gasteiger partial charge in [0.25, 0.3) is 0 Å². The Morgan fingerprint density at radius 1 is 1.10 bits per heavy atom. The van der Waals surface area contributed by atoms with Gasteiger partial charge in [0, 0.05) is 6.42 Å². The van der Waals surface area contributed by atoms with Crippen LogP contribution >= 0.6 is 0 Å². The molecule has 0 aliphatic carbocycles. The molecule has 0 radical (unpaired) electrons. The maximum atomic E-state index is 12.2. The van der Waals surface area contributed by atoms with Gasteiger partial charge in [-0.3, -0.25) is 0 Å². The number of allylic oxidation sites excluding steroid dienone is 6. The maximum absolute atomic E-state index is 12.2. The van der Waals surface area contributed by atoms with Crippen molar-refractivity contribution < 1.29 is 4.39 Å². The van der Waals surface area contributed by atoms with E-state index in [9.17, 15) is 4.39 Å². The number of hydrogen-bond donors (Lipinski definition) is 0. The molecule has 0 nitrogen and oxygen atoms in total. The molecule has 1 heteroatoms. The molecule has 0 aliphatic heterocycles. The monoisotopic (exact) mass is 388 g/mol. The maximum Gasteiger partial charge on any atom is 0.123 e. The van der Waals surface area contributed by atoms with Crippen molar-refractivity contribution in [2.45, 2.75) is 47.0 Å². The summed E-state index contributed by atoms with van der Waals surface area (Å²) in [7, 11) is 0. The Hall–Kier alpha value is -2.89. The third kappa shape index (κ3) is 9.74. The van der Waals surface area contributed by atoms with Crippen LogP contribution in [0.25, 0.3) is 5.57 Å². The molecule has 0 saturated carbocycles. The molecule has 0 amide bonds. The molecule has 0 fully saturated rings. The van der Waals surface area contributed by atoms with Gasteiger partial charge in [-0.1, -0.05) is 81.1 Å². The first kappa shape index (κ1) is 24.1. The molecule has 0 aromatic heterocycles. The summed E-state index contributed by atoms with van der Waals surface area (Å²) < 4.78 is 12.2. The Labute approximate surface area is 176 Å². The van der Waals surface area contributed by atoms with E-state index in [0.717, 1.165) is 29.6 Å². The SMILES string of the molecule is C=C=C(C)CC(/C=C\C(=C)c1ccc(CCC)cc1)=C/C.Cc1cccc(F)c1. The van der Waals surface area contributed by atoms with E-state index in [0.29, 0.717) is 0 Å². The summed E-state index contributed by atoms with van der Waals surface area (Å²) in [6, 6.07) is 15.2.